The molecule has 0 bridgehead atoms. The molecule has 168 valence electrons. The molecule has 0 aromatic heterocycles. The molecule has 4 rings (SSSR count). The molecule has 3 aromatic rings. The second-order valence-electron chi connectivity index (χ2n) is 7.51. The largest absolute Gasteiger partial charge is 0.476 e. The van der Waals surface area contributed by atoms with Gasteiger partial charge in [0.2, 0.25) is 6.10 Å². The van der Waals surface area contributed by atoms with Gasteiger partial charge in [0.15, 0.2) is 0 Å². The molecular weight excluding hydrogens is 420 g/mol. The zero-order valence-electron chi connectivity index (χ0n) is 17.9. The number of hydrogen-bond donors (Lipinski definition) is 3. The maximum absolute atomic E-state index is 13.2. The van der Waals surface area contributed by atoms with Crippen molar-refractivity contribution in [2.24, 2.45) is 5.73 Å². The summed E-state index contributed by atoms with van der Waals surface area (Å²) < 4.78 is 11.1. The van der Waals surface area contributed by atoms with Gasteiger partial charge in [0.25, 0.3) is 5.91 Å². The maximum atomic E-state index is 13.2. The molecule has 0 aliphatic carbocycles. The minimum absolute atomic E-state index is 0.0844. The summed E-state index contributed by atoms with van der Waals surface area (Å²) in [4.78, 5) is 26.7. The van der Waals surface area contributed by atoms with Crippen molar-refractivity contribution in [1.82, 2.24) is 0 Å². The Balaban J connectivity index is 1.52. The molecule has 1 fully saturated rings. The number of carbonyl (C=O) groups excluding carboxylic acids is 2. The average Bonchev–Trinajstić information content (AvgIpc) is 2.84. The minimum atomic E-state index is -0.926. The highest BCUT2D eigenvalue weighted by atomic mass is 16.6. The first kappa shape index (κ1) is 21.9. The summed E-state index contributed by atoms with van der Waals surface area (Å²) in [6, 6.07) is 22.9. The Bertz CT molecular complexity index is 1150. The van der Waals surface area contributed by atoms with Crippen LogP contribution in [-0.2, 0) is 9.53 Å². The predicted molar refractivity (Wildman–Crippen MR) is 126 cm³/mol. The second-order valence-corrected chi connectivity index (χ2v) is 7.51. The number of rotatable bonds is 7. The number of hydrogen-bond acceptors (Lipinski definition) is 5. The molecule has 1 aliphatic heterocycles. The van der Waals surface area contributed by atoms with E-state index in [2.05, 4.69) is 5.32 Å². The molecule has 8 heteroatoms. The molecule has 1 unspecified atom stereocenters. The fraction of sp³-hybridized carbons (Fsp3) is 0.160. The summed E-state index contributed by atoms with van der Waals surface area (Å²) in [6.07, 6.45) is -0.529. The number of nitrogens with zero attached hydrogens (tertiary/aromatic N) is 1. The Hall–Kier alpha value is -4.33. The van der Waals surface area contributed by atoms with Crippen molar-refractivity contribution < 1.29 is 19.1 Å². The van der Waals surface area contributed by atoms with E-state index in [1.807, 2.05) is 30.3 Å². The van der Waals surface area contributed by atoms with E-state index in [0.29, 0.717) is 41.4 Å². The second kappa shape index (κ2) is 9.86. The van der Waals surface area contributed by atoms with Crippen molar-refractivity contribution in [2.45, 2.75) is 12.5 Å². The molecule has 33 heavy (non-hydrogen) atoms. The lowest BCUT2D eigenvalue weighted by Gasteiger charge is -2.26. The molecule has 4 N–H and O–H groups in total. The van der Waals surface area contributed by atoms with Gasteiger partial charge in [-0.25, -0.2) is 4.79 Å². The first-order valence-electron chi connectivity index (χ1n) is 10.5. The van der Waals surface area contributed by atoms with Crippen molar-refractivity contribution in [3.8, 4) is 5.75 Å². The van der Waals surface area contributed by atoms with Crippen LogP contribution in [0.2, 0.25) is 0 Å². The van der Waals surface area contributed by atoms with Crippen LogP contribution in [0.1, 0.15) is 23.7 Å². The third-order valence-electron chi connectivity index (χ3n) is 5.16. The zero-order chi connectivity index (χ0) is 23.2. The van der Waals surface area contributed by atoms with Crippen molar-refractivity contribution in [1.29, 1.82) is 5.41 Å². The van der Waals surface area contributed by atoms with E-state index < -0.39 is 6.10 Å². The Kier molecular flexibility index (Phi) is 6.54. The van der Waals surface area contributed by atoms with E-state index in [1.165, 1.54) is 0 Å². The van der Waals surface area contributed by atoms with Crippen LogP contribution in [0.15, 0.2) is 78.9 Å². The fourth-order valence-electron chi connectivity index (χ4n) is 3.49. The van der Waals surface area contributed by atoms with Crippen molar-refractivity contribution in [2.75, 3.05) is 23.4 Å². The fourth-order valence-corrected chi connectivity index (χ4v) is 3.49. The molecule has 8 nitrogen and oxygen atoms in total. The molecule has 3 aromatic carbocycles. The van der Waals surface area contributed by atoms with E-state index in [9.17, 15) is 9.59 Å². The number of amides is 2. The van der Waals surface area contributed by atoms with Crippen LogP contribution in [0.3, 0.4) is 0 Å². The Morgan fingerprint density at radius 2 is 1.82 bits per heavy atom. The van der Waals surface area contributed by atoms with Gasteiger partial charge in [-0.2, -0.15) is 0 Å². The molecule has 1 atom stereocenters. The van der Waals surface area contributed by atoms with Crippen LogP contribution in [0, 0.1) is 5.41 Å². The number of carbonyl (C=O) groups is 2. The summed E-state index contributed by atoms with van der Waals surface area (Å²) in [7, 11) is 0. The highest BCUT2D eigenvalue weighted by molar-refractivity contribution is 5.96. The van der Waals surface area contributed by atoms with Gasteiger partial charge in [-0.3, -0.25) is 15.1 Å². The third kappa shape index (κ3) is 5.30. The number of nitrogens with one attached hydrogen (secondary N) is 2. The van der Waals surface area contributed by atoms with Crippen LogP contribution in [0.5, 0.6) is 5.75 Å². The number of anilines is 2. The Morgan fingerprint density at radius 3 is 2.52 bits per heavy atom. The summed E-state index contributed by atoms with van der Waals surface area (Å²) in [5, 5.41) is 10.5. The third-order valence-corrected chi connectivity index (χ3v) is 5.16. The summed E-state index contributed by atoms with van der Waals surface area (Å²) >= 11 is 0. The molecule has 1 saturated heterocycles. The van der Waals surface area contributed by atoms with Gasteiger partial charge >= 0.3 is 6.09 Å². The lowest BCUT2D eigenvalue weighted by atomic mass is 10.1. The van der Waals surface area contributed by atoms with Crippen LogP contribution < -0.4 is 20.7 Å². The molecule has 0 saturated carbocycles. The SMILES string of the molecule is N=C(N)c1cccc(OC(C(=O)Nc2ccc(N3CCCOC3=O)cc2)c2ccccc2)c1. The number of cyclic esters (lactones) is 1. The molecule has 0 spiro atoms. The van der Waals surface area contributed by atoms with E-state index >= 15 is 0 Å². The maximum Gasteiger partial charge on any atom is 0.414 e. The van der Waals surface area contributed by atoms with Crippen molar-refractivity contribution in [3.05, 3.63) is 90.0 Å². The molecule has 0 radical (unpaired) electrons. The van der Waals surface area contributed by atoms with Gasteiger partial charge < -0.3 is 20.5 Å². The molecule has 1 heterocycles. The van der Waals surface area contributed by atoms with E-state index in [0.717, 1.165) is 6.42 Å². The lowest BCUT2D eigenvalue weighted by Crippen LogP contribution is -2.37. The minimum Gasteiger partial charge on any atom is -0.476 e. The first-order chi connectivity index (χ1) is 16.0. The number of nitrogens with two attached hydrogens (primary N) is 1. The standard InChI is InChI=1S/C25H24N4O4/c26-23(27)18-8-4-9-21(16-18)33-22(17-6-2-1-3-7-17)24(30)28-19-10-12-20(13-11-19)29-14-5-15-32-25(29)31/h1-4,6-13,16,22H,5,14-15H2,(H3,26,27)(H,28,30). The monoisotopic (exact) mass is 444 g/mol. The average molecular weight is 444 g/mol. The lowest BCUT2D eigenvalue weighted by molar-refractivity contribution is -0.123. The van der Waals surface area contributed by atoms with Crippen molar-refractivity contribution in [3.63, 3.8) is 0 Å². The van der Waals surface area contributed by atoms with Gasteiger partial charge in [-0.15, -0.1) is 0 Å². The van der Waals surface area contributed by atoms with Gasteiger partial charge in [0.1, 0.15) is 11.6 Å². The first-order valence-corrected chi connectivity index (χ1v) is 10.5. The van der Waals surface area contributed by atoms with Gasteiger partial charge in [0.05, 0.1) is 6.61 Å². The van der Waals surface area contributed by atoms with Crippen LogP contribution in [0.4, 0.5) is 16.2 Å². The highest BCUT2D eigenvalue weighted by Crippen LogP contribution is 2.26. The smallest absolute Gasteiger partial charge is 0.414 e. The number of ether oxygens (including phenoxy) is 2. The van der Waals surface area contributed by atoms with Gasteiger partial charge in [-0.05, 0) is 42.8 Å². The highest BCUT2D eigenvalue weighted by Gasteiger charge is 2.24. The van der Waals surface area contributed by atoms with E-state index in [-0.39, 0.29) is 17.8 Å². The van der Waals surface area contributed by atoms with E-state index in [1.54, 1.807) is 53.4 Å². The Labute approximate surface area is 191 Å². The summed E-state index contributed by atoms with van der Waals surface area (Å²) in [5.74, 6) is -0.0240. The number of benzene rings is 3. The molecule has 1 aliphatic rings. The normalized spacial score (nSPS) is 14.2. The van der Waals surface area contributed by atoms with Gasteiger partial charge in [0, 0.05) is 29.0 Å². The zero-order valence-corrected chi connectivity index (χ0v) is 17.9. The van der Waals surface area contributed by atoms with Crippen molar-refractivity contribution >= 4 is 29.2 Å². The number of amidine groups is 1. The quantitative estimate of drug-likeness (QED) is 0.375. The van der Waals surface area contributed by atoms with Crippen LogP contribution >= 0.6 is 0 Å². The topological polar surface area (TPSA) is 118 Å². The molecule has 2 amide bonds. The Morgan fingerprint density at radius 1 is 1.06 bits per heavy atom. The van der Waals surface area contributed by atoms with Crippen LogP contribution in [-0.4, -0.2) is 31.0 Å². The molecular formula is C25H24N4O4. The predicted octanol–water partition coefficient (Wildman–Crippen LogP) is 4.08. The van der Waals surface area contributed by atoms with Gasteiger partial charge in [-0.1, -0.05) is 42.5 Å². The summed E-state index contributed by atoms with van der Waals surface area (Å²) in [6.45, 7) is 1.02. The van der Waals surface area contributed by atoms with E-state index in [4.69, 9.17) is 20.6 Å². The summed E-state index contributed by atoms with van der Waals surface area (Å²) in [5.41, 5.74) is 8.03. The van der Waals surface area contributed by atoms with Crippen LogP contribution in [0.25, 0.3) is 0 Å². The number of nitrogen functional groups attached to an aromatic ring is 1.